The SMILES string of the molecule is Cc1cc(N)c2c(Cl)cc(F)cc2n1. The van der Waals surface area contributed by atoms with Gasteiger partial charge in [0.15, 0.2) is 0 Å². The average Bonchev–Trinajstić information content (AvgIpc) is 1.99. The van der Waals surface area contributed by atoms with E-state index < -0.39 is 5.82 Å². The van der Waals surface area contributed by atoms with Crippen LogP contribution in [0.1, 0.15) is 5.69 Å². The first kappa shape index (κ1) is 9.21. The molecule has 1 aromatic carbocycles. The molecular formula is C10H8ClFN2. The Balaban J connectivity index is 2.94. The second-order valence-electron chi connectivity index (χ2n) is 3.13. The van der Waals surface area contributed by atoms with E-state index in [4.69, 9.17) is 17.3 Å². The van der Waals surface area contributed by atoms with E-state index in [0.717, 1.165) is 5.69 Å². The summed E-state index contributed by atoms with van der Waals surface area (Å²) >= 11 is 5.86. The molecule has 0 saturated heterocycles. The predicted octanol–water partition coefficient (Wildman–Crippen LogP) is 2.92. The number of hydrogen-bond donors (Lipinski definition) is 1. The van der Waals surface area contributed by atoms with Gasteiger partial charge in [-0.15, -0.1) is 0 Å². The lowest BCUT2D eigenvalue weighted by molar-refractivity contribution is 0.629. The summed E-state index contributed by atoms with van der Waals surface area (Å²) in [6.45, 7) is 1.80. The number of aromatic nitrogens is 1. The predicted molar refractivity (Wildman–Crippen MR) is 55.9 cm³/mol. The molecule has 0 aliphatic carbocycles. The zero-order chi connectivity index (χ0) is 10.3. The van der Waals surface area contributed by atoms with Crippen LogP contribution in [0.5, 0.6) is 0 Å². The van der Waals surface area contributed by atoms with Crippen LogP contribution in [0.3, 0.4) is 0 Å². The van der Waals surface area contributed by atoms with Crippen LogP contribution in [0.2, 0.25) is 5.02 Å². The van der Waals surface area contributed by atoms with Crippen LogP contribution in [0.25, 0.3) is 10.9 Å². The minimum absolute atomic E-state index is 0.296. The Hall–Kier alpha value is -1.35. The maximum Gasteiger partial charge on any atom is 0.126 e. The van der Waals surface area contributed by atoms with Gasteiger partial charge in [-0.3, -0.25) is 4.98 Å². The van der Waals surface area contributed by atoms with Crippen molar-refractivity contribution in [3.63, 3.8) is 0 Å². The van der Waals surface area contributed by atoms with Crippen molar-refractivity contribution < 1.29 is 4.39 Å². The Labute approximate surface area is 85.5 Å². The third kappa shape index (κ3) is 1.40. The summed E-state index contributed by atoms with van der Waals surface area (Å²) < 4.78 is 13.0. The number of anilines is 1. The number of rotatable bonds is 0. The van der Waals surface area contributed by atoms with E-state index >= 15 is 0 Å². The second-order valence-corrected chi connectivity index (χ2v) is 3.54. The molecule has 0 spiro atoms. The van der Waals surface area contributed by atoms with Crippen LogP contribution in [-0.2, 0) is 0 Å². The Morgan fingerprint density at radius 2 is 2.07 bits per heavy atom. The first-order valence-electron chi connectivity index (χ1n) is 4.10. The van der Waals surface area contributed by atoms with Crippen molar-refractivity contribution >= 4 is 28.2 Å². The monoisotopic (exact) mass is 210 g/mol. The molecule has 0 saturated carbocycles. The van der Waals surface area contributed by atoms with Gasteiger partial charge in [0.2, 0.25) is 0 Å². The first-order valence-corrected chi connectivity index (χ1v) is 4.47. The lowest BCUT2D eigenvalue weighted by atomic mass is 10.1. The number of pyridine rings is 1. The number of aryl methyl sites for hydroxylation is 1. The Morgan fingerprint density at radius 3 is 2.79 bits per heavy atom. The van der Waals surface area contributed by atoms with Gasteiger partial charge in [0.25, 0.3) is 0 Å². The molecule has 0 aliphatic rings. The summed E-state index contributed by atoms with van der Waals surface area (Å²) in [5.74, 6) is -0.403. The van der Waals surface area contributed by atoms with Gasteiger partial charge >= 0.3 is 0 Å². The molecule has 1 aromatic heterocycles. The molecule has 0 aliphatic heterocycles. The summed E-state index contributed by atoms with van der Waals surface area (Å²) in [6, 6.07) is 4.27. The van der Waals surface area contributed by atoms with E-state index in [1.54, 1.807) is 13.0 Å². The fourth-order valence-electron chi connectivity index (χ4n) is 1.45. The van der Waals surface area contributed by atoms with E-state index in [0.29, 0.717) is 21.6 Å². The smallest absolute Gasteiger partial charge is 0.126 e. The van der Waals surface area contributed by atoms with Gasteiger partial charge in [-0.25, -0.2) is 4.39 Å². The summed E-state index contributed by atoms with van der Waals surface area (Å²) in [5, 5.41) is 0.906. The molecule has 0 radical (unpaired) electrons. The summed E-state index contributed by atoms with van der Waals surface area (Å²) in [7, 11) is 0. The van der Waals surface area contributed by atoms with Crippen molar-refractivity contribution in [1.29, 1.82) is 0 Å². The van der Waals surface area contributed by atoms with Gasteiger partial charge in [0.1, 0.15) is 5.82 Å². The molecule has 0 fully saturated rings. The third-order valence-electron chi connectivity index (χ3n) is 1.98. The van der Waals surface area contributed by atoms with Gasteiger partial charge in [-0.05, 0) is 19.1 Å². The molecule has 2 nitrogen and oxygen atoms in total. The molecular weight excluding hydrogens is 203 g/mol. The van der Waals surface area contributed by atoms with Gasteiger partial charge in [0, 0.05) is 22.8 Å². The zero-order valence-corrected chi connectivity index (χ0v) is 8.27. The van der Waals surface area contributed by atoms with Crippen LogP contribution >= 0.6 is 11.6 Å². The number of benzene rings is 1. The van der Waals surface area contributed by atoms with Crippen LogP contribution in [0.15, 0.2) is 18.2 Å². The number of nitrogens with zero attached hydrogens (tertiary/aromatic N) is 1. The molecule has 14 heavy (non-hydrogen) atoms. The molecule has 0 amide bonds. The molecule has 2 aromatic rings. The van der Waals surface area contributed by atoms with Crippen molar-refractivity contribution in [2.24, 2.45) is 0 Å². The lowest BCUT2D eigenvalue weighted by Crippen LogP contribution is -1.93. The molecule has 0 unspecified atom stereocenters. The minimum atomic E-state index is -0.403. The highest BCUT2D eigenvalue weighted by Gasteiger charge is 2.07. The topological polar surface area (TPSA) is 38.9 Å². The number of nitrogen functional groups attached to an aromatic ring is 1. The van der Waals surface area contributed by atoms with Crippen LogP contribution in [0, 0.1) is 12.7 Å². The Kier molecular flexibility index (Phi) is 2.04. The van der Waals surface area contributed by atoms with Crippen molar-refractivity contribution in [2.75, 3.05) is 5.73 Å². The van der Waals surface area contributed by atoms with Gasteiger partial charge in [-0.2, -0.15) is 0 Å². The number of fused-ring (bicyclic) bond motifs is 1. The number of halogens is 2. The van der Waals surface area contributed by atoms with Crippen LogP contribution < -0.4 is 5.73 Å². The summed E-state index contributed by atoms with van der Waals surface area (Å²) in [4.78, 5) is 4.15. The van der Waals surface area contributed by atoms with Crippen LogP contribution in [-0.4, -0.2) is 4.98 Å². The number of nitrogens with two attached hydrogens (primary N) is 1. The largest absolute Gasteiger partial charge is 0.398 e. The summed E-state index contributed by atoms with van der Waals surface area (Å²) in [5.41, 5.74) is 7.53. The van der Waals surface area contributed by atoms with E-state index in [1.165, 1.54) is 12.1 Å². The fraction of sp³-hybridized carbons (Fsp3) is 0.100. The van der Waals surface area contributed by atoms with E-state index in [1.807, 2.05) is 0 Å². The molecule has 4 heteroatoms. The molecule has 72 valence electrons. The molecule has 2 rings (SSSR count). The normalized spacial score (nSPS) is 10.8. The highest BCUT2D eigenvalue weighted by atomic mass is 35.5. The Morgan fingerprint density at radius 1 is 1.36 bits per heavy atom. The molecule has 0 atom stereocenters. The highest BCUT2D eigenvalue weighted by molar-refractivity contribution is 6.36. The molecule has 2 N–H and O–H groups in total. The average molecular weight is 211 g/mol. The maximum absolute atomic E-state index is 13.0. The minimum Gasteiger partial charge on any atom is -0.398 e. The standard InChI is InChI=1S/C10H8ClFN2/c1-5-2-8(13)10-7(11)3-6(12)4-9(10)14-5/h2-4H,1H3,(H2,13,14). The third-order valence-corrected chi connectivity index (χ3v) is 2.28. The van der Waals surface area contributed by atoms with Gasteiger partial charge < -0.3 is 5.73 Å². The van der Waals surface area contributed by atoms with Crippen molar-refractivity contribution in [2.45, 2.75) is 6.92 Å². The summed E-state index contributed by atoms with van der Waals surface area (Å²) in [6.07, 6.45) is 0. The van der Waals surface area contributed by atoms with Crippen molar-refractivity contribution in [3.8, 4) is 0 Å². The Bertz CT molecular complexity index is 468. The van der Waals surface area contributed by atoms with E-state index in [9.17, 15) is 4.39 Å². The van der Waals surface area contributed by atoms with Gasteiger partial charge in [-0.1, -0.05) is 11.6 Å². The number of hydrogen-bond acceptors (Lipinski definition) is 2. The highest BCUT2D eigenvalue weighted by Crippen LogP contribution is 2.28. The molecule has 1 heterocycles. The van der Waals surface area contributed by atoms with Gasteiger partial charge in [0.05, 0.1) is 10.5 Å². The van der Waals surface area contributed by atoms with Crippen molar-refractivity contribution in [1.82, 2.24) is 4.98 Å². The maximum atomic E-state index is 13.0. The van der Waals surface area contributed by atoms with E-state index in [-0.39, 0.29) is 0 Å². The fourth-order valence-corrected chi connectivity index (χ4v) is 1.76. The van der Waals surface area contributed by atoms with Crippen molar-refractivity contribution in [3.05, 3.63) is 34.7 Å². The molecule has 0 bridgehead atoms. The quantitative estimate of drug-likeness (QED) is 0.726. The zero-order valence-electron chi connectivity index (χ0n) is 7.51. The lowest BCUT2D eigenvalue weighted by Gasteiger charge is -2.05. The van der Waals surface area contributed by atoms with E-state index in [2.05, 4.69) is 4.98 Å². The van der Waals surface area contributed by atoms with Crippen LogP contribution in [0.4, 0.5) is 10.1 Å². The first-order chi connectivity index (χ1) is 6.58. The second kappa shape index (κ2) is 3.10.